The van der Waals surface area contributed by atoms with Crippen molar-refractivity contribution in [3.05, 3.63) is 59.9 Å². The largest absolute Gasteiger partial charge is 0.506 e. The first-order chi connectivity index (χ1) is 11.6. The van der Waals surface area contributed by atoms with Gasteiger partial charge in [0.2, 0.25) is 0 Å². The van der Waals surface area contributed by atoms with Crippen LogP contribution in [0.15, 0.2) is 48.5 Å². The second-order valence-electron chi connectivity index (χ2n) is 5.66. The highest BCUT2D eigenvalue weighted by Gasteiger charge is 2.40. The molecule has 0 bridgehead atoms. The highest BCUT2D eigenvalue weighted by molar-refractivity contribution is 5.59. The van der Waals surface area contributed by atoms with Crippen LogP contribution in [0.1, 0.15) is 18.4 Å². The van der Waals surface area contributed by atoms with Crippen LogP contribution in [0.25, 0.3) is 0 Å². The maximum Gasteiger partial charge on any atom is 0.506 e. The predicted molar refractivity (Wildman–Crippen MR) is 85.8 cm³/mol. The highest BCUT2D eigenvalue weighted by atomic mass is 19.1. The minimum atomic E-state index is -1.31. The van der Waals surface area contributed by atoms with Crippen LogP contribution < -0.4 is 10.1 Å². The molecule has 0 spiro atoms. The van der Waals surface area contributed by atoms with Gasteiger partial charge in [0.15, 0.2) is 0 Å². The average Bonchev–Trinajstić information content (AvgIpc) is 2.58. The lowest BCUT2D eigenvalue weighted by atomic mass is 9.84. The van der Waals surface area contributed by atoms with E-state index in [4.69, 9.17) is 9.47 Å². The van der Waals surface area contributed by atoms with Gasteiger partial charge in [0.25, 0.3) is 0 Å². The standard InChI is InChI=1S/C18H18FNO4/c19-13-5-7-14(8-6-13)23-16-4-2-1-3-15(16)18(24-17(21)22)9-11-20-12-10-18/h1-8,20H,9-12H2,(H,21,22). The molecule has 2 aromatic carbocycles. The molecule has 2 aromatic rings. The van der Waals surface area contributed by atoms with Crippen LogP contribution in [-0.4, -0.2) is 24.4 Å². The Labute approximate surface area is 139 Å². The molecule has 0 unspecified atom stereocenters. The number of rotatable bonds is 4. The van der Waals surface area contributed by atoms with E-state index in [9.17, 15) is 14.3 Å². The van der Waals surface area contributed by atoms with Gasteiger partial charge >= 0.3 is 6.16 Å². The Morgan fingerprint density at radius 3 is 2.42 bits per heavy atom. The number of nitrogens with one attached hydrogen (secondary N) is 1. The summed E-state index contributed by atoms with van der Waals surface area (Å²) in [6, 6.07) is 12.9. The lowest BCUT2D eigenvalue weighted by Crippen LogP contribution is -2.43. The van der Waals surface area contributed by atoms with Gasteiger partial charge in [-0.25, -0.2) is 9.18 Å². The van der Waals surface area contributed by atoms with E-state index >= 15 is 0 Å². The summed E-state index contributed by atoms with van der Waals surface area (Å²) in [5, 5.41) is 12.4. The Balaban J connectivity index is 1.96. The molecule has 3 rings (SSSR count). The molecule has 0 atom stereocenters. The van der Waals surface area contributed by atoms with Crippen LogP contribution >= 0.6 is 0 Å². The van der Waals surface area contributed by atoms with Gasteiger partial charge in [-0.1, -0.05) is 18.2 Å². The van der Waals surface area contributed by atoms with E-state index in [0.29, 0.717) is 43.0 Å². The lowest BCUT2D eigenvalue weighted by molar-refractivity contribution is -0.0427. The number of hydrogen-bond donors (Lipinski definition) is 2. The molecule has 0 radical (unpaired) electrons. The molecule has 1 heterocycles. The van der Waals surface area contributed by atoms with Crippen LogP contribution in [-0.2, 0) is 10.3 Å². The van der Waals surface area contributed by atoms with Gasteiger partial charge in [0.05, 0.1) is 0 Å². The van der Waals surface area contributed by atoms with Crippen LogP contribution in [0, 0.1) is 5.82 Å². The monoisotopic (exact) mass is 331 g/mol. The van der Waals surface area contributed by atoms with E-state index in [1.807, 2.05) is 12.1 Å². The summed E-state index contributed by atoms with van der Waals surface area (Å²) >= 11 is 0. The summed E-state index contributed by atoms with van der Waals surface area (Å²) in [6.45, 7) is 1.30. The molecule has 5 nitrogen and oxygen atoms in total. The molecule has 24 heavy (non-hydrogen) atoms. The third-order valence-electron chi connectivity index (χ3n) is 4.11. The van der Waals surface area contributed by atoms with Crippen molar-refractivity contribution in [3.63, 3.8) is 0 Å². The molecule has 1 aliphatic heterocycles. The first-order valence-corrected chi connectivity index (χ1v) is 7.75. The van der Waals surface area contributed by atoms with E-state index < -0.39 is 11.8 Å². The van der Waals surface area contributed by atoms with Crippen molar-refractivity contribution < 1.29 is 23.8 Å². The number of carbonyl (C=O) groups is 1. The van der Waals surface area contributed by atoms with Crippen molar-refractivity contribution in [1.82, 2.24) is 5.32 Å². The molecular weight excluding hydrogens is 313 g/mol. The molecule has 126 valence electrons. The number of halogens is 1. The summed E-state index contributed by atoms with van der Waals surface area (Å²) in [6.07, 6.45) is -0.278. The van der Waals surface area contributed by atoms with E-state index in [-0.39, 0.29) is 5.82 Å². The second-order valence-corrected chi connectivity index (χ2v) is 5.66. The van der Waals surface area contributed by atoms with E-state index in [2.05, 4.69) is 5.32 Å². The predicted octanol–water partition coefficient (Wildman–Crippen LogP) is 3.89. The normalized spacial score (nSPS) is 16.4. The smallest absolute Gasteiger partial charge is 0.457 e. The van der Waals surface area contributed by atoms with Crippen LogP contribution in [0.3, 0.4) is 0 Å². The van der Waals surface area contributed by atoms with Gasteiger partial charge < -0.3 is 19.9 Å². The van der Waals surface area contributed by atoms with Gasteiger partial charge in [-0.3, -0.25) is 0 Å². The summed E-state index contributed by atoms with van der Waals surface area (Å²) < 4.78 is 24.2. The van der Waals surface area contributed by atoms with Crippen molar-refractivity contribution in [2.24, 2.45) is 0 Å². The van der Waals surface area contributed by atoms with E-state index in [0.717, 1.165) is 0 Å². The summed E-state index contributed by atoms with van der Waals surface area (Å²) in [5.41, 5.74) is -0.272. The van der Waals surface area contributed by atoms with Gasteiger partial charge in [-0.05, 0) is 43.4 Å². The zero-order valence-corrected chi connectivity index (χ0v) is 13.0. The number of ether oxygens (including phenoxy) is 2. The minimum absolute atomic E-state index is 0.348. The van der Waals surface area contributed by atoms with Crippen LogP contribution in [0.5, 0.6) is 11.5 Å². The Bertz CT molecular complexity index is 711. The van der Waals surface area contributed by atoms with Crippen molar-refractivity contribution in [3.8, 4) is 11.5 Å². The first-order valence-electron chi connectivity index (χ1n) is 7.75. The Morgan fingerprint density at radius 2 is 1.75 bits per heavy atom. The van der Waals surface area contributed by atoms with Crippen LogP contribution in [0.4, 0.5) is 9.18 Å². The highest BCUT2D eigenvalue weighted by Crippen LogP contribution is 2.41. The lowest BCUT2D eigenvalue weighted by Gasteiger charge is -2.37. The average molecular weight is 331 g/mol. The fourth-order valence-corrected chi connectivity index (χ4v) is 2.99. The molecule has 0 aliphatic carbocycles. The number of piperidine rings is 1. The van der Waals surface area contributed by atoms with E-state index in [1.54, 1.807) is 12.1 Å². The van der Waals surface area contributed by atoms with Crippen molar-refractivity contribution in [2.45, 2.75) is 18.4 Å². The molecule has 0 amide bonds. The Kier molecular flexibility index (Phi) is 4.66. The third kappa shape index (κ3) is 3.49. The molecule has 1 aliphatic rings. The summed E-state index contributed by atoms with van der Waals surface area (Å²) in [7, 11) is 0. The number of para-hydroxylation sites is 1. The van der Waals surface area contributed by atoms with Gasteiger partial charge in [0.1, 0.15) is 22.9 Å². The maximum absolute atomic E-state index is 13.1. The fourth-order valence-electron chi connectivity index (χ4n) is 2.99. The topological polar surface area (TPSA) is 67.8 Å². The van der Waals surface area contributed by atoms with Gasteiger partial charge in [0, 0.05) is 18.4 Å². The quantitative estimate of drug-likeness (QED) is 0.832. The zero-order valence-electron chi connectivity index (χ0n) is 13.0. The van der Waals surface area contributed by atoms with Crippen LogP contribution in [0.2, 0.25) is 0 Å². The third-order valence-corrected chi connectivity index (χ3v) is 4.11. The summed E-state index contributed by atoms with van der Waals surface area (Å²) in [5.74, 6) is 0.634. The summed E-state index contributed by atoms with van der Waals surface area (Å²) in [4.78, 5) is 11.2. The molecule has 1 saturated heterocycles. The Hall–Kier alpha value is -2.60. The van der Waals surface area contributed by atoms with Crippen molar-refractivity contribution >= 4 is 6.16 Å². The van der Waals surface area contributed by atoms with Gasteiger partial charge in [-0.2, -0.15) is 0 Å². The second kappa shape index (κ2) is 6.88. The van der Waals surface area contributed by atoms with Gasteiger partial charge in [-0.15, -0.1) is 0 Å². The molecule has 0 aromatic heterocycles. The molecule has 0 saturated carbocycles. The van der Waals surface area contributed by atoms with Crippen molar-refractivity contribution in [1.29, 1.82) is 0 Å². The minimum Gasteiger partial charge on any atom is -0.457 e. The van der Waals surface area contributed by atoms with E-state index in [1.165, 1.54) is 24.3 Å². The SMILES string of the molecule is O=C(O)OC1(c2ccccc2Oc2ccc(F)cc2)CCNCC1. The maximum atomic E-state index is 13.1. The number of benzene rings is 2. The van der Waals surface area contributed by atoms with Crippen molar-refractivity contribution in [2.75, 3.05) is 13.1 Å². The zero-order chi connectivity index (χ0) is 17.0. The number of carboxylic acid groups (broad SMARTS) is 1. The molecular formula is C18H18FNO4. The number of hydrogen-bond acceptors (Lipinski definition) is 4. The first kappa shape index (κ1) is 16.3. The molecule has 2 N–H and O–H groups in total. The fraction of sp³-hybridized carbons (Fsp3) is 0.278. The Morgan fingerprint density at radius 1 is 1.08 bits per heavy atom. The molecule has 1 fully saturated rings. The molecule has 6 heteroatoms.